The molecular weight excluding hydrogens is 366 g/mol. The zero-order chi connectivity index (χ0) is 18.4. The third kappa shape index (κ3) is 5.07. The van der Waals surface area contributed by atoms with Gasteiger partial charge in [-0.25, -0.2) is 0 Å². The van der Waals surface area contributed by atoms with Gasteiger partial charge >= 0.3 is 0 Å². The fraction of sp³-hybridized carbons (Fsp3) is 0.150. The summed E-state index contributed by atoms with van der Waals surface area (Å²) in [5.41, 5.74) is 2.83. The summed E-state index contributed by atoms with van der Waals surface area (Å²) in [7, 11) is 0. The molecule has 0 atom stereocenters. The van der Waals surface area contributed by atoms with E-state index in [4.69, 9.17) is 11.6 Å². The van der Waals surface area contributed by atoms with Crippen molar-refractivity contribution in [1.29, 1.82) is 0 Å². The van der Waals surface area contributed by atoms with Gasteiger partial charge in [-0.2, -0.15) is 0 Å². The van der Waals surface area contributed by atoms with E-state index in [1.807, 2.05) is 30.3 Å². The van der Waals surface area contributed by atoms with Crippen molar-refractivity contribution in [1.82, 2.24) is 15.5 Å². The Hall–Kier alpha value is -2.37. The van der Waals surface area contributed by atoms with Crippen molar-refractivity contribution in [3.8, 4) is 0 Å². The highest BCUT2D eigenvalue weighted by atomic mass is 35.5. The first-order valence-electron chi connectivity index (χ1n) is 8.22. The molecule has 1 heterocycles. The number of aryl methyl sites for hydroxylation is 1. The number of hydrogen-bond donors (Lipinski definition) is 1. The van der Waals surface area contributed by atoms with Gasteiger partial charge < -0.3 is 5.32 Å². The Morgan fingerprint density at radius 3 is 2.54 bits per heavy atom. The summed E-state index contributed by atoms with van der Waals surface area (Å²) in [6.07, 6.45) is 0.763. The van der Waals surface area contributed by atoms with E-state index < -0.39 is 0 Å². The molecule has 2 aromatic carbocycles. The minimum atomic E-state index is -0.202. The SMILES string of the molecule is Cc1ccc(CCNC(=O)c2cc(Cl)nnc2Sc2ccccc2)cc1. The molecule has 0 fully saturated rings. The molecule has 0 aliphatic carbocycles. The van der Waals surface area contributed by atoms with Gasteiger partial charge in [0.2, 0.25) is 0 Å². The number of amides is 1. The van der Waals surface area contributed by atoms with Crippen LogP contribution in [0.15, 0.2) is 70.6 Å². The Bertz CT molecular complexity index is 885. The van der Waals surface area contributed by atoms with E-state index in [2.05, 4.69) is 46.7 Å². The van der Waals surface area contributed by atoms with Crippen LogP contribution in [0.5, 0.6) is 0 Å². The Morgan fingerprint density at radius 2 is 1.81 bits per heavy atom. The molecule has 0 bridgehead atoms. The maximum Gasteiger partial charge on any atom is 0.254 e. The van der Waals surface area contributed by atoms with Crippen molar-refractivity contribution < 1.29 is 4.79 Å². The summed E-state index contributed by atoms with van der Waals surface area (Å²) < 4.78 is 0. The smallest absolute Gasteiger partial charge is 0.254 e. The first-order valence-corrected chi connectivity index (χ1v) is 9.41. The van der Waals surface area contributed by atoms with E-state index >= 15 is 0 Å². The lowest BCUT2D eigenvalue weighted by atomic mass is 10.1. The van der Waals surface area contributed by atoms with Crippen molar-refractivity contribution in [2.24, 2.45) is 0 Å². The Labute approximate surface area is 162 Å². The maximum atomic E-state index is 12.6. The fourth-order valence-corrected chi connectivity index (χ4v) is 3.37. The van der Waals surface area contributed by atoms with Crippen molar-refractivity contribution >= 4 is 29.3 Å². The van der Waals surface area contributed by atoms with Crippen LogP contribution in [-0.4, -0.2) is 22.6 Å². The number of halogens is 1. The fourth-order valence-electron chi connectivity index (χ4n) is 2.37. The number of nitrogens with zero attached hydrogens (tertiary/aromatic N) is 2. The lowest BCUT2D eigenvalue weighted by Crippen LogP contribution is -2.26. The van der Waals surface area contributed by atoms with Crippen LogP contribution >= 0.6 is 23.4 Å². The second kappa shape index (κ2) is 8.83. The first-order chi connectivity index (χ1) is 12.6. The number of rotatable bonds is 6. The standard InChI is InChI=1S/C20H18ClN3OS/c1-14-7-9-15(10-8-14)11-12-22-19(25)17-13-18(21)23-24-20(17)26-16-5-3-2-4-6-16/h2-10,13H,11-12H2,1H3,(H,22,25). The van der Waals surface area contributed by atoms with Crippen LogP contribution in [-0.2, 0) is 6.42 Å². The van der Waals surface area contributed by atoms with Gasteiger partial charge in [0.05, 0.1) is 5.56 Å². The van der Waals surface area contributed by atoms with Gasteiger partial charge in [-0.1, -0.05) is 71.4 Å². The molecule has 6 heteroatoms. The monoisotopic (exact) mass is 383 g/mol. The van der Waals surface area contributed by atoms with Crippen molar-refractivity contribution in [3.63, 3.8) is 0 Å². The average molecular weight is 384 g/mol. The summed E-state index contributed by atoms with van der Waals surface area (Å²) in [6.45, 7) is 2.59. The van der Waals surface area contributed by atoms with E-state index in [0.29, 0.717) is 17.1 Å². The minimum Gasteiger partial charge on any atom is -0.352 e. The van der Waals surface area contributed by atoms with Crippen LogP contribution in [0.25, 0.3) is 0 Å². The van der Waals surface area contributed by atoms with Gasteiger partial charge in [-0.05, 0) is 37.1 Å². The molecule has 132 valence electrons. The number of benzene rings is 2. The summed E-state index contributed by atoms with van der Waals surface area (Å²) in [4.78, 5) is 13.6. The zero-order valence-corrected chi connectivity index (χ0v) is 15.8. The Kier molecular flexibility index (Phi) is 6.26. The third-order valence-corrected chi connectivity index (χ3v) is 4.94. The summed E-state index contributed by atoms with van der Waals surface area (Å²) in [6, 6.07) is 19.6. The molecule has 0 unspecified atom stereocenters. The summed E-state index contributed by atoms with van der Waals surface area (Å²) in [5, 5.41) is 11.6. The van der Waals surface area contributed by atoms with Crippen LogP contribution in [0.3, 0.4) is 0 Å². The second-order valence-electron chi connectivity index (χ2n) is 5.79. The summed E-state index contributed by atoms with van der Waals surface area (Å²) in [5.74, 6) is -0.202. The molecule has 26 heavy (non-hydrogen) atoms. The molecule has 1 N–H and O–H groups in total. The number of carbonyl (C=O) groups excluding carboxylic acids is 1. The zero-order valence-electron chi connectivity index (χ0n) is 14.3. The number of carbonyl (C=O) groups is 1. The van der Waals surface area contributed by atoms with E-state index in [1.165, 1.54) is 22.9 Å². The van der Waals surface area contributed by atoms with Crippen LogP contribution in [0.4, 0.5) is 0 Å². The van der Waals surface area contributed by atoms with E-state index in [0.717, 1.165) is 11.3 Å². The highest BCUT2D eigenvalue weighted by Gasteiger charge is 2.15. The average Bonchev–Trinajstić information content (AvgIpc) is 2.65. The van der Waals surface area contributed by atoms with Crippen molar-refractivity contribution in [2.75, 3.05) is 6.54 Å². The molecule has 0 saturated carbocycles. The van der Waals surface area contributed by atoms with Crippen LogP contribution < -0.4 is 5.32 Å². The quantitative estimate of drug-likeness (QED) is 0.677. The topological polar surface area (TPSA) is 54.9 Å². The summed E-state index contributed by atoms with van der Waals surface area (Å²) >= 11 is 7.34. The number of nitrogens with one attached hydrogen (secondary N) is 1. The van der Waals surface area contributed by atoms with Crippen LogP contribution in [0.2, 0.25) is 5.15 Å². The van der Waals surface area contributed by atoms with E-state index in [1.54, 1.807) is 6.07 Å². The van der Waals surface area contributed by atoms with Gasteiger partial charge in [0.1, 0.15) is 5.03 Å². The largest absolute Gasteiger partial charge is 0.352 e. The minimum absolute atomic E-state index is 0.200. The Morgan fingerprint density at radius 1 is 1.08 bits per heavy atom. The molecule has 0 aliphatic heterocycles. The molecule has 3 rings (SSSR count). The van der Waals surface area contributed by atoms with E-state index in [-0.39, 0.29) is 11.1 Å². The molecule has 1 aromatic heterocycles. The lowest BCUT2D eigenvalue weighted by Gasteiger charge is -2.09. The number of hydrogen-bond acceptors (Lipinski definition) is 4. The lowest BCUT2D eigenvalue weighted by molar-refractivity contribution is 0.0950. The predicted octanol–water partition coefficient (Wildman–Crippen LogP) is 4.56. The first kappa shape index (κ1) is 18.4. The molecule has 0 radical (unpaired) electrons. The van der Waals surface area contributed by atoms with Gasteiger partial charge in [0.25, 0.3) is 5.91 Å². The number of aromatic nitrogens is 2. The van der Waals surface area contributed by atoms with Gasteiger partial charge in [0, 0.05) is 11.4 Å². The molecule has 0 saturated heterocycles. The molecule has 0 aliphatic rings. The van der Waals surface area contributed by atoms with E-state index in [9.17, 15) is 4.79 Å². The van der Waals surface area contributed by atoms with Gasteiger partial charge in [0.15, 0.2) is 5.15 Å². The van der Waals surface area contributed by atoms with Crippen LogP contribution in [0, 0.1) is 6.92 Å². The molecule has 1 amide bonds. The molecular formula is C20H18ClN3OS. The van der Waals surface area contributed by atoms with Gasteiger partial charge in [-0.15, -0.1) is 10.2 Å². The molecule has 3 aromatic rings. The highest BCUT2D eigenvalue weighted by molar-refractivity contribution is 7.99. The van der Waals surface area contributed by atoms with Crippen molar-refractivity contribution in [3.05, 3.63) is 82.5 Å². The molecule has 4 nitrogen and oxygen atoms in total. The third-order valence-electron chi connectivity index (χ3n) is 3.75. The molecule has 0 spiro atoms. The second-order valence-corrected chi connectivity index (χ2v) is 7.24. The predicted molar refractivity (Wildman–Crippen MR) is 105 cm³/mol. The van der Waals surface area contributed by atoms with Gasteiger partial charge in [-0.3, -0.25) is 4.79 Å². The normalized spacial score (nSPS) is 10.5. The Balaban J connectivity index is 1.67. The highest BCUT2D eigenvalue weighted by Crippen LogP contribution is 2.29. The van der Waals surface area contributed by atoms with Crippen molar-refractivity contribution in [2.45, 2.75) is 23.3 Å². The van der Waals surface area contributed by atoms with Crippen LogP contribution in [0.1, 0.15) is 21.5 Å². The maximum absolute atomic E-state index is 12.6.